The second-order valence-corrected chi connectivity index (χ2v) is 3.07. The zero-order valence-corrected chi connectivity index (χ0v) is 7.16. The summed E-state index contributed by atoms with van der Waals surface area (Å²) in [5.41, 5.74) is 5.34. The lowest BCUT2D eigenvalue weighted by molar-refractivity contribution is 0.975. The number of thioether (sulfide) groups is 1. The average Bonchev–Trinajstić information content (AvgIpc) is 1.87. The smallest absolute Gasteiger partial charge is 0.154 e. The monoisotopic (exact) mass is 196 g/mol. The number of hydrogen-bond acceptors (Lipinski definition) is 3. The number of nitrogens with zero attached hydrogens (tertiary/aromatic N) is 1. The molecule has 0 aliphatic carbocycles. The third-order valence-corrected chi connectivity index (χ3v) is 1.75. The number of rotatable bonds is 0. The van der Waals surface area contributed by atoms with E-state index in [1.165, 1.54) is 0 Å². The van der Waals surface area contributed by atoms with Crippen molar-refractivity contribution in [1.29, 1.82) is 0 Å². The topological polar surface area (TPSA) is 38.4 Å². The summed E-state index contributed by atoms with van der Waals surface area (Å²) in [6.07, 6.45) is 0. The maximum Gasteiger partial charge on any atom is 0.154 e. The van der Waals surface area contributed by atoms with Crippen molar-refractivity contribution >= 4 is 33.9 Å². The van der Waals surface area contributed by atoms with Crippen molar-refractivity contribution in [2.24, 2.45) is 10.7 Å². The van der Waals surface area contributed by atoms with Gasteiger partial charge in [0.2, 0.25) is 0 Å². The van der Waals surface area contributed by atoms with Gasteiger partial charge in [0, 0.05) is 5.25 Å². The summed E-state index contributed by atoms with van der Waals surface area (Å²) in [5.74, 6) is 0. The van der Waals surface area contributed by atoms with Crippen LogP contribution in [0, 0.1) is 0 Å². The Morgan fingerprint density at radius 2 is 2.50 bits per heavy atom. The lowest BCUT2D eigenvalue weighted by Gasteiger charge is -1.91. The van der Waals surface area contributed by atoms with E-state index < -0.39 is 0 Å². The van der Waals surface area contributed by atoms with Crippen LogP contribution in [0.4, 0.5) is 0 Å². The van der Waals surface area contributed by atoms with Crippen molar-refractivity contribution in [1.82, 2.24) is 0 Å². The van der Waals surface area contributed by atoms with Crippen LogP contribution < -0.4 is 5.73 Å². The van der Waals surface area contributed by atoms with Crippen molar-refractivity contribution in [2.45, 2.75) is 12.2 Å². The summed E-state index contributed by atoms with van der Waals surface area (Å²) in [6, 6.07) is 0. The minimum absolute atomic E-state index is 0. The van der Waals surface area contributed by atoms with Gasteiger partial charge in [-0.2, -0.15) is 0 Å². The van der Waals surface area contributed by atoms with Crippen LogP contribution in [0.2, 0.25) is 0 Å². The zero-order chi connectivity index (χ0) is 5.28. The molecule has 0 saturated heterocycles. The minimum Gasteiger partial charge on any atom is -0.379 e. The molecule has 48 valence electrons. The normalized spacial score (nSPS) is 26.6. The first-order valence-corrected chi connectivity index (χ1v) is 3.13. The first kappa shape index (κ1) is 8.30. The van der Waals surface area contributed by atoms with E-state index in [4.69, 9.17) is 5.73 Å². The van der Waals surface area contributed by atoms with Gasteiger partial charge in [-0.25, -0.2) is 0 Å². The summed E-state index contributed by atoms with van der Waals surface area (Å²) < 4.78 is 0. The van der Waals surface area contributed by atoms with E-state index in [9.17, 15) is 0 Å². The van der Waals surface area contributed by atoms with E-state index in [1.54, 1.807) is 11.8 Å². The molecule has 0 aromatic heterocycles. The van der Waals surface area contributed by atoms with Crippen molar-refractivity contribution in [3.8, 4) is 0 Å². The molecule has 1 heterocycles. The van der Waals surface area contributed by atoms with Crippen LogP contribution in [-0.4, -0.2) is 17.0 Å². The van der Waals surface area contributed by atoms with E-state index in [-0.39, 0.29) is 17.0 Å². The number of halogens is 1. The summed E-state index contributed by atoms with van der Waals surface area (Å²) in [4.78, 5) is 3.97. The molecule has 0 amide bonds. The summed E-state index contributed by atoms with van der Waals surface area (Å²) in [6.45, 7) is 3.02. The molecule has 0 aromatic rings. The van der Waals surface area contributed by atoms with Gasteiger partial charge < -0.3 is 5.73 Å². The fraction of sp³-hybridized carbons (Fsp3) is 0.750. The number of nitrogens with two attached hydrogens (primary N) is 1. The first-order chi connectivity index (χ1) is 3.29. The van der Waals surface area contributed by atoms with Crippen molar-refractivity contribution < 1.29 is 0 Å². The third kappa shape index (κ3) is 2.05. The zero-order valence-electron chi connectivity index (χ0n) is 4.63. The Labute approximate surface area is 63.7 Å². The minimum atomic E-state index is 0. The Hall–Kier alpha value is 0.300. The fourth-order valence-corrected chi connectivity index (χ4v) is 1.21. The van der Waals surface area contributed by atoms with Gasteiger partial charge in [-0.3, -0.25) is 4.99 Å². The van der Waals surface area contributed by atoms with Crippen molar-refractivity contribution in [2.75, 3.05) is 6.54 Å². The van der Waals surface area contributed by atoms with E-state index in [1.807, 2.05) is 0 Å². The number of hydrogen-bond donors (Lipinski definition) is 1. The van der Waals surface area contributed by atoms with E-state index in [0.717, 1.165) is 11.7 Å². The standard InChI is InChI=1S/C4H8N2S.BrH/c1-3-2-6-4(5)7-3;/h3H,2H2,1H3,(H2,5,6);1H. The molecule has 0 spiro atoms. The maximum atomic E-state index is 5.34. The second kappa shape index (κ2) is 3.35. The van der Waals surface area contributed by atoms with Gasteiger partial charge in [0.15, 0.2) is 5.17 Å². The van der Waals surface area contributed by atoms with Crippen molar-refractivity contribution in [3.63, 3.8) is 0 Å². The Balaban J connectivity index is 0.000000490. The van der Waals surface area contributed by atoms with Gasteiger partial charge in [0.05, 0.1) is 6.54 Å². The molecule has 0 aromatic carbocycles. The Morgan fingerprint density at radius 1 is 1.88 bits per heavy atom. The quantitative estimate of drug-likeness (QED) is 0.629. The molecular formula is C4H9BrN2S. The molecule has 1 atom stereocenters. The number of amidine groups is 1. The van der Waals surface area contributed by atoms with Crippen LogP contribution in [0.3, 0.4) is 0 Å². The molecule has 1 rings (SSSR count). The Bertz CT molecular complexity index is 104. The highest BCUT2D eigenvalue weighted by Crippen LogP contribution is 2.16. The van der Waals surface area contributed by atoms with Crippen LogP contribution in [-0.2, 0) is 0 Å². The van der Waals surface area contributed by atoms with Gasteiger partial charge in [-0.15, -0.1) is 17.0 Å². The predicted molar refractivity (Wildman–Crippen MR) is 43.9 cm³/mol. The number of aliphatic imine (C=N–C) groups is 1. The van der Waals surface area contributed by atoms with Crippen molar-refractivity contribution in [3.05, 3.63) is 0 Å². The summed E-state index contributed by atoms with van der Waals surface area (Å²) >= 11 is 1.65. The molecule has 2 nitrogen and oxygen atoms in total. The molecule has 1 aliphatic heterocycles. The van der Waals surface area contributed by atoms with Crippen LogP contribution >= 0.6 is 28.7 Å². The first-order valence-electron chi connectivity index (χ1n) is 2.25. The summed E-state index contributed by atoms with van der Waals surface area (Å²) in [5, 5.41) is 1.35. The molecule has 2 N–H and O–H groups in total. The molecular weight excluding hydrogens is 188 g/mol. The molecule has 0 bridgehead atoms. The third-order valence-electron chi connectivity index (χ3n) is 0.826. The van der Waals surface area contributed by atoms with Crippen LogP contribution in [0.1, 0.15) is 6.92 Å². The van der Waals surface area contributed by atoms with Crippen LogP contribution in [0.25, 0.3) is 0 Å². The van der Waals surface area contributed by atoms with Gasteiger partial charge in [-0.1, -0.05) is 18.7 Å². The molecule has 0 radical (unpaired) electrons. The predicted octanol–water partition coefficient (Wildman–Crippen LogP) is 1.01. The fourth-order valence-electron chi connectivity index (χ4n) is 0.499. The molecule has 0 saturated carbocycles. The van der Waals surface area contributed by atoms with Gasteiger partial charge >= 0.3 is 0 Å². The molecule has 4 heteroatoms. The average molecular weight is 197 g/mol. The molecule has 1 unspecified atom stereocenters. The van der Waals surface area contributed by atoms with Crippen LogP contribution in [0.5, 0.6) is 0 Å². The lowest BCUT2D eigenvalue weighted by atomic mass is 10.5. The van der Waals surface area contributed by atoms with E-state index in [2.05, 4.69) is 11.9 Å². The molecule has 1 aliphatic rings. The van der Waals surface area contributed by atoms with Crippen LogP contribution in [0.15, 0.2) is 4.99 Å². The maximum absolute atomic E-state index is 5.34. The largest absolute Gasteiger partial charge is 0.379 e. The lowest BCUT2D eigenvalue weighted by Crippen LogP contribution is -2.02. The van der Waals surface area contributed by atoms with Gasteiger partial charge in [0.25, 0.3) is 0 Å². The highest BCUT2D eigenvalue weighted by Gasteiger charge is 2.10. The van der Waals surface area contributed by atoms with E-state index >= 15 is 0 Å². The Kier molecular flexibility index (Phi) is 3.48. The molecule has 0 fully saturated rings. The van der Waals surface area contributed by atoms with E-state index in [0.29, 0.717) is 5.25 Å². The SMILES string of the molecule is Br.CC1CN=C(N)S1. The highest BCUT2D eigenvalue weighted by atomic mass is 79.9. The van der Waals surface area contributed by atoms with Gasteiger partial charge in [0.1, 0.15) is 0 Å². The Morgan fingerprint density at radius 3 is 2.62 bits per heavy atom. The summed E-state index contributed by atoms with van der Waals surface area (Å²) in [7, 11) is 0. The highest BCUT2D eigenvalue weighted by molar-refractivity contribution is 8.93. The second-order valence-electron chi connectivity index (χ2n) is 1.61. The van der Waals surface area contributed by atoms with Gasteiger partial charge in [-0.05, 0) is 0 Å². The molecule has 8 heavy (non-hydrogen) atoms.